The summed E-state index contributed by atoms with van der Waals surface area (Å²) < 4.78 is 2.36. The van der Waals surface area contributed by atoms with E-state index in [9.17, 15) is 4.79 Å². The molecule has 18 heavy (non-hydrogen) atoms. The van der Waals surface area contributed by atoms with Gasteiger partial charge in [0.2, 0.25) is 0 Å². The van der Waals surface area contributed by atoms with E-state index < -0.39 is 0 Å². The molecule has 1 aromatic heterocycles. The normalized spacial score (nSPS) is 24.2. The van der Waals surface area contributed by atoms with Crippen LogP contribution in [0.25, 0.3) is 0 Å². The largest absolute Gasteiger partial charge is 0.345 e. The van der Waals surface area contributed by atoms with E-state index in [1.54, 1.807) is 0 Å². The minimum absolute atomic E-state index is 0.0412. The Hall–Kier alpha value is -0.760. The average Bonchev–Trinajstić information content (AvgIpc) is 2.65. The van der Waals surface area contributed by atoms with Gasteiger partial charge in [0.25, 0.3) is 0 Å². The quantitative estimate of drug-likeness (QED) is 0.592. The maximum Gasteiger partial charge on any atom is 0.179 e. The Balaban J connectivity index is 2.38. The maximum absolute atomic E-state index is 11.8. The molecule has 1 saturated carbocycles. The smallest absolute Gasteiger partial charge is 0.179 e. The van der Waals surface area contributed by atoms with Crippen LogP contribution in [-0.4, -0.2) is 16.2 Å². The molecule has 1 fully saturated rings. The molecule has 1 aliphatic rings. The summed E-state index contributed by atoms with van der Waals surface area (Å²) in [5.41, 5.74) is 3.09. The fraction of sp³-hybridized carbons (Fsp3) is 0.667. The first-order valence-electron chi connectivity index (χ1n) is 6.83. The number of halogens is 1. The van der Waals surface area contributed by atoms with Crippen LogP contribution >= 0.6 is 11.6 Å². The van der Waals surface area contributed by atoms with E-state index in [1.807, 2.05) is 13.0 Å². The van der Waals surface area contributed by atoms with Gasteiger partial charge in [0.05, 0.1) is 5.88 Å². The number of hydrogen-bond acceptors (Lipinski definition) is 1. The predicted molar refractivity (Wildman–Crippen MR) is 75.6 cm³/mol. The number of ketones is 1. The van der Waals surface area contributed by atoms with Crippen LogP contribution in [-0.2, 0) is 0 Å². The molecule has 0 amide bonds. The predicted octanol–water partition coefficient (Wildman–Crippen LogP) is 4.28. The lowest BCUT2D eigenvalue weighted by atomic mass is 9.85. The molecule has 2 nitrogen and oxygen atoms in total. The third-order valence-electron chi connectivity index (χ3n) is 4.30. The maximum atomic E-state index is 11.8. The molecule has 2 unspecified atom stereocenters. The van der Waals surface area contributed by atoms with Crippen molar-refractivity contribution in [1.82, 2.24) is 4.57 Å². The van der Waals surface area contributed by atoms with Crippen molar-refractivity contribution >= 4 is 17.4 Å². The van der Waals surface area contributed by atoms with Crippen LogP contribution in [0.4, 0.5) is 0 Å². The van der Waals surface area contributed by atoms with E-state index in [0.29, 0.717) is 12.0 Å². The molecule has 1 aromatic rings. The van der Waals surface area contributed by atoms with Gasteiger partial charge in [0, 0.05) is 23.0 Å². The number of carbonyl (C=O) groups excluding carboxylic acids is 1. The first-order chi connectivity index (χ1) is 8.56. The van der Waals surface area contributed by atoms with Crippen LogP contribution in [0.2, 0.25) is 0 Å². The number of hydrogen-bond donors (Lipinski definition) is 0. The molecular formula is C15H22ClNO. The summed E-state index contributed by atoms with van der Waals surface area (Å²) in [6.07, 6.45) is 5.15. The highest BCUT2D eigenvalue weighted by Gasteiger charge is 2.26. The highest BCUT2D eigenvalue weighted by atomic mass is 35.5. The summed E-state index contributed by atoms with van der Waals surface area (Å²) in [5.74, 6) is 0.812. The SMILES string of the molecule is Cc1cc(C(=O)CCl)c(C)n1C1CCCCC1C. The van der Waals surface area contributed by atoms with Gasteiger partial charge in [-0.05, 0) is 38.7 Å². The summed E-state index contributed by atoms with van der Waals surface area (Å²) in [5, 5.41) is 0. The van der Waals surface area contributed by atoms with Crippen LogP contribution < -0.4 is 0 Å². The number of aromatic nitrogens is 1. The second-order valence-electron chi connectivity index (χ2n) is 5.54. The van der Waals surface area contributed by atoms with Gasteiger partial charge in [0.1, 0.15) is 0 Å². The van der Waals surface area contributed by atoms with Crippen molar-refractivity contribution in [3.63, 3.8) is 0 Å². The van der Waals surface area contributed by atoms with Crippen LogP contribution in [0.1, 0.15) is 60.4 Å². The number of aryl methyl sites for hydroxylation is 1. The molecular weight excluding hydrogens is 246 g/mol. The third kappa shape index (κ3) is 2.35. The van der Waals surface area contributed by atoms with E-state index >= 15 is 0 Å². The van der Waals surface area contributed by atoms with Crippen molar-refractivity contribution in [1.29, 1.82) is 0 Å². The first kappa shape index (κ1) is 13.7. The number of carbonyl (C=O) groups is 1. The van der Waals surface area contributed by atoms with E-state index in [-0.39, 0.29) is 11.7 Å². The Morgan fingerprint density at radius 2 is 2.06 bits per heavy atom. The summed E-state index contributed by atoms with van der Waals surface area (Å²) in [6.45, 7) is 6.47. The molecule has 3 heteroatoms. The summed E-state index contributed by atoms with van der Waals surface area (Å²) in [6, 6.07) is 2.55. The Morgan fingerprint density at radius 3 is 2.67 bits per heavy atom. The third-order valence-corrected chi connectivity index (χ3v) is 4.55. The molecule has 1 aliphatic carbocycles. The molecule has 0 bridgehead atoms. The monoisotopic (exact) mass is 267 g/mol. The van der Waals surface area contributed by atoms with Crippen molar-refractivity contribution in [2.45, 2.75) is 52.5 Å². The number of rotatable bonds is 3. The van der Waals surface area contributed by atoms with Crippen LogP contribution in [0.15, 0.2) is 6.07 Å². The van der Waals surface area contributed by atoms with E-state index in [1.165, 1.54) is 31.4 Å². The molecule has 100 valence electrons. The topological polar surface area (TPSA) is 22.0 Å². The zero-order chi connectivity index (χ0) is 13.3. The van der Waals surface area contributed by atoms with Gasteiger partial charge in [-0.1, -0.05) is 19.8 Å². The van der Waals surface area contributed by atoms with Crippen molar-refractivity contribution in [3.8, 4) is 0 Å². The lowest BCUT2D eigenvalue weighted by Gasteiger charge is -2.32. The Kier molecular flexibility index (Phi) is 4.16. The fourth-order valence-corrected chi connectivity index (χ4v) is 3.47. The minimum atomic E-state index is 0.0412. The van der Waals surface area contributed by atoms with Gasteiger partial charge in [-0.3, -0.25) is 4.79 Å². The standard InChI is InChI=1S/C15H22ClNO/c1-10-6-4-5-7-14(10)17-11(2)8-13(12(17)3)15(18)9-16/h8,10,14H,4-7,9H2,1-3H3. The Bertz CT molecular complexity index is 450. The van der Waals surface area contributed by atoms with E-state index in [2.05, 4.69) is 18.4 Å². The Morgan fingerprint density at radius 1 is 1.39 bits per heavy atom. The number of Topliss-reactive ketones (excluding diaryl/α,β-unsaturated/α-hetero) is 1. The summed E-state index contributed by atoms with van der Waals surface area (Å²) in [7, 11) is 0. The molecule has 0 aromatic carbocycles. The molecule has 2 rings (SSSR count). The first-order valence-corrected chi connectivity index (χ1v) is 7.37. The lowest BCUT2D eigenvalue weighted by Crippen LogP contribution is -2.23. The van der Waals surface area contributed by atoms with Gasteiger partial charge in [-0.15, -0.1) is 11.6 Å². The van der Waals surface area contributed by atoms with E-state index in [0.717, 1.165) is 11.3 Å². The molecule has 0 saturated heterocycles. The van der Waals surface area contributed by atoms with Crippen LogP contribution in [0, 0.1) is 19.8 Å². The van der Waals surface area contributed by atoms with Crippen LogP contribution in [0.5, 0.6) is 0 Å². The zero-order valence-electron chi connectivity index (χ0n) is 11.5. The van der Waals surface area contributed by atoms with Gasteiger partial charge < -0.3 is 4.57 Å². The van der Waals surface area contributed by atoms with Crippen LogP contribution in [0.3, 0.4) is 0 Å². The molecule has 0 N–H and O–H groups in total. The second-order valence-corrected chi connectivity index (χ2v) is 5.81. The molecule has 0 radical (unpaired) electrons. The lowest BCUT2D eigenvalue weighted by molar-refractivity contribution is 0.102. The Labute approximate surface area is 114 Å². The summed E-state index contributed by atoms with van der Waals surface area (Å²) in [4.78, 5) is 11.8. The molecule has 0 aliphatic heterocycles. The van der Waals surface area contributed by atoms with Crippen molar-refractivity contribution in [3.05, 3.63) is 23.0 Å². The van der Waals surface area contributed by atoms with E-state index in [4.69, 9.17) is 11.6 Å². The highest BCUT2D eigenvalue weighted by Crippen LogP contribution is 2.36. The number of nitrogens with zero attached hydrogens (tertiary/aromatic N) is 1. The van der Waals surface area contributed by atoms with Gasteiger partial charge in [-0.2, -0.15) is 0 Å². The average molecular weight is 268 g/mol. The van der Waals surface area contributed by atoms with Gasteiger partial charge in [-0.25, -0.2) is 0 Å². The zero-order valence-corrected chi connectivity index (χ0v) is 12.3. The van der Waals surface area contributed by atoms with Crippen molar-refractivity contribution < 1.29 is 4.79 Å². The van der Waals surface area contributed by atoms with Gasteiger partial charge in [0.15, 0.2) is 5.78 Å². The van der Waals surface area contributed by atoms with Crippen molar-refractivity contribution in [2.24, 2.45) is 5.92 Å². The molecule has 1 heterocycles. The minimum Gasteiger partial charge on any atom is -0.345 e. The molecule has 0 spiro atoms. The van der Waals surface area contributed by atoms with Gasteiger partial charge >= 0.3 is 0 Å². The highest BCUT2D eigenvalue weighted by molar-refractivity contribution is 6.30. The van der Waals surface area contributed by atoms with Crippen molar-refractivity contribution in [2.75, 3.05) is 5.88 Å². The second kappa shape index (κ2) is 5.48. The number of alkyl halides is 1. The summed E-state index contributed by atoms with van der Waals surface area (Å²) >= 11 is 5.68. The molecule has 2 atom stereocenters. The fourth-order valence-electron chi connectivity index (χ4n) is 3.32.